The van der Waals surface area contributed by atoms with Crippen LogP contribution in [0.2, 0.25) is 0 Å². The SMILES string of the molecule is C[C@@H](CNC(=O)O)OC(=O)ON1C(=O)CCC1=O. The molecule has 0 aliphatic carbocycles. The maximum atomic E-state index is 11.2. The second-order valence-corrected chi connectivity index (χ2v) is 3.54. The van der Waals surface area contributed by atoms with Crippen LogP contribution in [-0.2, 0) is 19.2 Å². The Labute approximate surface area is 102 Å². The van der Waals surface area contributed by atoms with Gasteiger partial charge in [0.15, 0.2) is 0 Å². The average molecular weight is 260 g/mol. The van der Waals surface area contributed by atoms with E-state index in [-0.39, 0.29) is 19.4 Å². The monoisotopic (exact) mass is 260 g/mol. The van der Waals surface area contributed by atoms with Gasteiger partial charge in [0, 0.05) is 12.8 Å². The number of nitrogens with zero attached hydrogens (tertiary/aromatic N) is 1. The minimum atomic E-state index is -1.26. The summed E-state index contributed by atoms with van der Waals surface area (Å²) in [5.74, 6) is -1.23. The Balaban J connectivity index is 2.35. The zero-order valence-corrected chi connectivity index (χ0v) is 9.54. The maximum Gasteiger partial charge on any atom is 0.534 e. The van der Waals surface area contributed by atoms with E-state index in [9.17, 15) is 19.2 Å². The number of ether oxygens (including phenoxy) is 1. The third-order valence-corrected chi connectivity index (χ3v) is 2.01. The number of rotatable bonds is 4. The van der Waals surface area contributed by atoms with Gasteiger partial charge in [-0.3, -0.25) is 14.4 Å². The molecule has 0 aromatic rings. The summed E-state index contributed by atoms with van der Waals surface area (Å²) < 4.78 is 4.63. The quantitative estimate of drug-likeness (QED) is 0.532. The van der Waals surface area contributed by atoms with Crippen molar-refractivity contribution in [2.45, 2.75) is 25.9 Å². The fraction of sp³-hybridized carbons (Fsp3) is 0.556. The summed E-state index contributed by atoms with van der Waals surface area (Å²) in [4.78, 5) is 48.0. The Bertz CT molecular complexity index is 365. The highest BCUT2D eigenvalue weighted by atomic mass is 16.8. The first-order chi connectivity index (χ1) is 8.40. The lowest BCUT2D eigenvalue weighted by Crippen LogP contribution is -2.36. The van der Waals surface area contributed by atoms with Crippen LogP contribution in [0, 0.1) is 0 Å². The molecular formula is C9H12N2O7. The predicted molar refractivity (Wildman–Crippen MR) is 54.1 cm³/mol. The van der Waals surface area contributed by atoms with Crippen molar-refractivity contribution in [3.63, 3.8) is 0 Å². The van der Waals surface area contributed by atoms with Gasteiger partial charge in [0.1, 0.15) is 6.10 Å². The van der Waals surface area contributed by atoms with Crippen molar-refractivity contribution in [3.8, 4) is 0 Å². The molecule has 100 valence electrons. The number of carboxylic acid groups (broad SMARTS) is 1. The molecule has 1 saturated heterocycles. The molecule has 1 fully saturated rings. The van der Waals surface area contributed by atoms with E-state index in [0.29, 0.717) is 5.06 Å². The highest BCUT2D eigenvalue weighted by Gasteiger charge is 2.33. The van der Waals surface area contributed by atoms with Gasteiger partial charge in [-0.1, -0.05) is 5.06 Å². The molecule has 1 aliphatic rings. The minimum Gasteiger partial charge on any atom is -0.465 e. The second kappa shape index (κ2) is 5.84. The zero-order valence-electron chi connectivity index (χ0n) is 9.54. The number of carbonyl (C=O) groups is 4. The van der Waals surface area contributed by atoms with E-state index in [1.807, 2.05) is 5.32 Å². The summed E-state index contributed by atoms with van der Waals surface area (Å²) in [5.41, 5.74) is 0. The van der Waals surface area contributed by atoms with Crippen LogP contribution in [-0.4, -0.2) is 46.9 Å². The number of amides is 3. The zero-order chi connectivity index (χ0) is 13.7. The number of nitrogens with one attached hydrogen (secondary N) is 1. The molecule has 1 atom stereocenters. The van der Waals surface area contributed by atoms with E-state index in [0.717, 1.165) is 0 Å². The highest BCUT2D eigenvalue weighted by molar-refractivity contribution is 6.01. The van der Waals surface area contributed by atoms with Crippen LogP contribution in [0.1, 0.15) is 19.8 Å². The summed E-state index contributed by atoms with van der Waals surface area (Å²) in [7, 11) is 0. The molecule has 2 N–H and O–H groups in total. The van der Waals surface area contributed by atoms with Crippen LogP contribution in [0.25, 0.3) is 0 Å². The predicted octanol–water partition coefficient (Wildman–Crippen LogP) is -0.140. The van der Waals surface area contributed by atoms with Crippen molar-refractivity contribution in [2.75, 3.05) is 6.54 Å². The minimum absolute atomic E-state index is 0.0117. The van der Waals surface area contributed by atoms with Crippen molar-refractivity contribution in [1.82, 2.24) is 10.4 Å². The Morgan fingerprint density at radius 2 is 1.94 bits per heavy atom. The normalized spacial score (nSPS) is 16.4. The van der Waals surface area contributed by atoms with E-state index in [2.05, 4.69) is 9.57 Å². The third-order valence-electron chi connectivity index (χ3n) is 2.01. The molecule has 9 nitrogen and oxygen atoms in total. The lowest BCUT2D eigenvalue weighted by atomic mass is 10.4. The van der Waals surface area contributed by atoms with Gasteiger partial charge in [-0.2, -0.15) is 0 Å². The van der Waals surface area contributed by atoms with Crippen LogP contribution in [0.5, 0.6) is 0 Å². The van der Waals surface area contributed by atoms with Gasteiger partial charge in [-0.05, 0) is 6.92 Å². The lowest BCUT2D eigenvalue weighted by molar-refractivity contribution is -0.178. The van der Waals surface area contributed by atoms with Gasteiger partial charge < -0.3 is 15.2 Å². The molecule has 0 aromatic heterocycles. The molecule has 0 radical (unpaired) electrons. The van der Waals surface area contributed by atoms with Gasteiger partial charge >= 0.3 is 12.2 Å². The molecule has 0 spiro atoms. The Kier molecular flexibility index (Phi) is 4.46. The number of hydroxylamine groups is 2. The van der Waals surface area contributed by atoms with E-state index >= 15 is 0 Å². The van der Waals surface area contributed by atoms with Gasteiger partial charge in [-0.15, -0.1) is 0 Å². The fourth-order valence-corrected chi connectivity index (χ4v) is 1.19. The summed E-state index contributed by atoms with van der Waals surface area (Å²) in [6.45, 7) is 1.29. The van der Waals surface area contributed by atoms with Crippen LogP contribution in [0.15, 0.2) is 0 Å². The Morgan fingerprint density at radius 3 is 2.44 bits per heavy atom. The topological polar surface area (TPSA) is 122 Å². The smallest absolute Gasteiger partial charge is 0.465 e. The first-order valence-electron chi connectivity index (χ1n) is 5.11. The molecule has 1 aliphatic heterocycles. The van der Waals surface area contributed by atoms with Gasteiger partial charge in [0.05, 0.1) is 6.54 Å². The average Bonchev–Trinajstić information content (AvgIpc) is 2.58. The Hall–Kier alpha value is -2.32. The van der Waals surface area contributed by atoms with Crippen molar-refractivity contribution >= 4 is 24.1 Å². The molecule has 0 aromatic carbocycles. The lowest BCUT2D eigenvalue weighted by Gasteiger charge is -2.15. The highest BCUT2D eigenvalue weighted by Crippen LogP contribution is 2.12. The van der Waals surface area contributed by atoms with Crippen LogP contribution in [0.3, 0.4) is 0 Å². The van der Waals surface area contributed by atoms with Crippen molar-refractivity contribution in [1.29, 1.82) is 0 Å². The third kappa shape index (κ3) is 3.92. The molecule has 0 bridgehead atoms. The van der Waals surface area contributed by atoms with Crippen molar-refractivity contribution in [3.05, 3.63) is 0 Å². The number of carbonyl (C=O) groups excluding carboxylic acids is 3. The maximum absolute atomic E-state index is 11.2. The van der Waals surface area contributed by atoms with Gasteiger partial charge in [0.25, 0.3) is 11.8 Å². The first kappa shape index (κ1) is 13.7. The summed E-state index contributed by atoms with van der Waals surface area (Å²) in [6.07, 6.45) is -3.31. The van der Waals surface area contributed by atoms with Crippen LogP contribution < -0.4 is 5.32 Å². The largest absolute Gasteiger partial charge is 0.534 e. The molecule has 0 unspecified atom stereocenters. The summed E-state index contributed by atoms with van der Waals surface area (Å²) >= 11 is 0. The van der Waals surface area contributed by atoms with Crippen molar-refractivity contribution < 1.29 is 33.9 Å². The standard InChI is InChI=1S/C9H12N2O7/c1-5(4-10-8(14)15)17-9(16)18-11-6(12)2-3-7(11)13/h5,10H,2-4H2,1H3,(H,14,15)/t5-/m0/s1. The molecule has 1 heterocycles. The van der Waals surface area contributed by atoms with Gasteiger partial charge in [-0.25, -0.2) is 9.59 Å². The summed E-state index contributed by atoms with van der Waals surface area (Å²) in [6, 6.07) is 0. The first-order valence-corrected chi connectivity index (χ1v) is 5.11. The number of hydrogen-bond donors (Lipinski definition) is 2. The number of imide groups is 1. The van der Waals surface area contributed by atoms with Crippen LogP contribution >= 0.6 is 0 Å². The van der Waals surface area contributed by atoms with Gasteiger partial charge in [0.2, 0.25) is 0 Å². The van der Waals surface area contributed by atoms with E-state index in [4.69, 9.17) is 5.11 Å². The molecule has 1 rings (SSSR count). The molecule has 18 heavy (non-hydrogen) atoms. The summed E-state index contributed by atoms with van der Waals surface area (Å²) in [5, 5.41) is 10.7. The number of hydrogen-bond acceptors (Lipinski definition) is 6. The van der Waals surface area contributed by atoms with E-state index in [1.54, 1.807) is 0 Å². The molecular weight excluding hydrogens is 248 g/mol. The van der Waals surface area contributed by atoms with Crippen LogP contribution in [0.4, 0.5) is 9.59 Å². The Morgan fingerprint density at radius 1 is 1.39 bits per heavy atom. The molecule has 9 heteroatoms. The molecule has 3 amide bonds. The molecule has 0 saturated carbocycles. The van der Waals surface area contributed by atoms with E-state index < -0.39 is 30.2 Å². The van der Waals surface area contributed by atoms with E-state index in [1.165, 1.54) is 6.92 Å². The van der Waals surface area contributed by atoms with Crippen molar-refractivity contribution in [2.24, 2.45) is 0 Å². The fourth-order valence-electron chi connectivity index (χ4n) is 1.19. The second-order valence-electron chi connectivity index (χ2n) is 3.54.